The van der Waals surface area contributed by atoms with Gasteiger partial charge in [0.15, 0.2) is 6.04 Å². The number of amides is 1. The van der Waals surface area contributed by atoms with E-state index in [9.17, 15) is 9.59 Å². The molecule has 0 aliphatic carbocycles. The number of nitrogens with one attached hydrogen (secondary N) is 1. The molecule has 0 saturated carbocycles. The molecule has 0 aliphatic rings. The van der Waals surface area contributed by atoms with Crippen molar-refractivity contribution in [2.24, 2.45) is 5.73 Å². The van der Waals surface area contributed by atoms with E-state index in [4.69, 9.17) is 15.6 Å². The van der Waals surface area contributed by atoms with Crippen LogP contribution in [0.4, 0.5) is 0 Å². The second-order valence-electron chi connectivity index (χ2n) is 3.38. The van der Waals surface area contributed by atoms with E-state index in [1.807, 2.05) is 6.26 Å². The molecule has 0 fully saturated rings. The van der Waals surface area contributed by atoms with E-state index in [0.717, 1.165) is 5.75 Å². The van der Waals surface area contributed by atoms with E-state index in [2.05, 4.69) is 5.32 Å². The second-order valence-corrected chi connectivity index (χ2v) is 4.37. The van der Waals surface area contributed by atoms with Crippen LogP contribution in [0.3, 0.4) is 0 Å². The van der Waals surface area contributed by atoms with Crippen molar-refractivity contribution in [3.05, 3.63) is 0 Å². The number of rotatable bonds is 8. The molecule has 0 saturated heterocycles. The third kappa shape index (κ3) is 6.50. The van der Waals surface area contributed by atoms with Crippen molar-refractivity contribution in [2.45, 2.75) is 25.4 Å². The summed E-state index contributed by atoms with van der Waals surface area (Å²) in [5.74, 6) is -0.343. The monoisotopic (exact) mass is 264 g/mol. The number of hydrogen-bond donors (Lipinski definition) is 3. The number of ether oxygens (including phenoxy) is 1. The topological polar surface area (TPSA) is 102 Å². The second kappa shape index (κ2) is 9.26. The first-order valence-corrected chi connectivity index (χ1v) is 6.78. The molecule has 0 aromatic heterocycles. The summed E-state index contributed by atoms with van der Waals surface area (Å²) in [4.78, 5) is 22.9. The summed E-state index contributed by atoms with van der Waals surface area (Å²) in [6.45, 7) is 1.35. The van der Waals surface area contributed by atoms with E-state index >= 15 is 0 Å². The number of aliphatic hydroxyl groups is 1. The maximum atomic E-state index is 11.6. The Morgan fingerprint density at radius 1 is 1.53 bits per heavy atom. The molecule has 0 aliphatic heterocycles. The lowest BCUT2D eigenvalue weighted by Crippen LogP contribution is -2.50. The average molecular weight is 264 g/mol. The van der Waals surface area contributed by atoms with Gasteiger partial charge >= 0.3 is 5.97 Å². The van der Waals surface area contributed by atoms with Crippen LogP contribution in [0, 0.1) is 0 Å². The maximum absolute atomic E-state index is 11.6. The normalized spacial score (nSPS) is 13.9. The molecule has 2 atom stereocenters. The van der Waals surface area contributed by atoms with Gasteiger partial charge in [0.2, 0.25) is 5.91 Å². The van der Waals surface area contributed by atoms with E-state index in [0.29, 0.717) is 6.42 Å². The Morgan fingerprint density at radius 3 is 2.65 bits per heavy atom. The van der Waals surface area contributed by atoms with Gasteiger partial charge in [-0.1, -0.05) is 0 Å². The number of hydrogen-bond acceptors (Lipinski definition) is 6. The Bertz CT molecular complexity index is 250. The fourth-order valence-electron chi connectivity index (χ4n) is 1.08. The zero-order valence-corrected chi connectivity index (χ0v) is 11.0. The molecule has 17 heavy (non-hydrogen) atoms. The van der Waals surface area contributed by atoms with Crippen molar-refractivity contribution in [1.29, 1.82) is 0 Å². The molecule has 0 spiro atoms. The summed E-state index contributed by atoms with van der Waals surface area (Å²) in [7, 11) is 0. The number of carbonyl (C=O) groups is 2. The van der Waals surface area contributed by atoms with Gasteiger partial charge in [0.1, 0.15) is 0 Å². The number of nitrogens with two attached hydrogens (primary N) is 1. The summed E-state index contributed by atoms with van der Waals surface area (Å²) < 4.78 is 4.70. The highest BCUT2D eigenvalue weighted by atomic mass is 32.2. The molecular weight excluding hydrogens is 244 g/mol. The minimum absolute atomic E-state index is 0.198. The Labute approximate surface area is 105 Å². The lowest BCUT2D eigenvalue weighted by Gasteiger charge is -2.17. The standard InChI is InChI=1S/C10H20N2O4S/c1-3-16-10(15)8(6-13)12-9(14)7(11)4-5-17-2/h7-8,13H,3-6,11H2,1-2H3,(H,12,14)/t7-,8-/m0/s1. The highest BCUT2D eigenvalue weighted by Gasteiger charge is 2.23. The predicted molar refractivity (Wildman–Crippen MR) is 66.6 cm³/mol. The van der Waals surface area contributed by atoms with Crippen LogP contribution in [0.1, 0.15) is 13.3 Å². The molecule has 6 nitrogen and oxygen atoms in total. The van der Waals surface area contributed by atoms with Gasteiger partial charge in [0.25, 0.3) is 0 Å². The van der Waals surface area contributed by atoms with E-state index in [1.165, 1.54) is 0 Å². The van der Waals surface area contributed by atoms with E-state index < -0.39 is 30.6 Å². The molecule has 0 heterocycles. The maximum Gasteiger partial charge on any atom is 0.331 e. The Hall–Kier alpha value is -0.790. The molecule has 0 radical (unpaired) electrons. The molecule has 1 amide bonds. The van der Waals surface area contributed by atoms with Crippen LogP contribution in [0.5, 0.6) is 0 Å². The summed E-state index contributed by atoms with van der Waals surface area (Å²) >= 11 is 1.59. The minimum atomic E-state index is -1.04. The third-order valence-corrected chi connectivity index (χ3v) is 2.68. The van der Waals surface area contributed by atoms with Crippen molar-refractivity contribution in [1.82, 2.24) is 5.32 Å². The van der Waals surface area contributed by atoms with Gasteiger partial charge in [-0.05, 0) is 25.4 Å². The first-order valence-electron chi connectivity index (χ1n) is 5.39. The van der Waals surface area contributed by atoms with Crippen LogP contribution >= 0.6 is 11.8 Å². The molecule has 0 bridgehead atoms. The minimum Gasteiger partial charge on any atom is -0.464 e. The third-order valence-electron chi connectivity index (χ3n) is 2.04. The molecule has 0 rings (SSSR count). The van der Waals surface area contributed by atoms with Gasteiger partial charge in [-0.3, -0.25) is 4.79 Å². The summed E-state index contributed by atoms with van der Waals surface area (Å²) in [6, 6.07) is -1.71. The van der Waals surface area contributed by atoms with Crippen LogP contribution in [-0.4, -0.2) is 54.3 Å². The Kier molecular flexibility index (Phi) is 8.83. The van der Waals surface area contributed by atoms with Crippen LogP contribution in [0.2, 0.25) is 0 Å². The molecule has 7 heteroatoms. The van der Waals surface area contributed by atoms with Crippen LogP contribution in [-0.2, 0) is 14.3 Å². The highest BCUT2D eigenvalue weighted by Crippen LogP contribution is 1.99. The quantitative estimate of drug-likeness (QED) is 0.491. The van der Waals surface area contributed by atoms with Crippen molar-refractivity contribution in [3.63, 3.8) is 0 Å². The smallest absolute Gasteiger partial charge is 0.331 e. The molecule has 0 aromatic rings. The molecule has 4 N–H and O–H groups in total. The Balaban J connectivity index is 4.17. The van der Waals surface area contributed by atoms with Crippen LogP contribution < -0.4 is 11.1 Å². The van der Waals surface area contributed by atoms with Crippen LogP contribution in [0.25, 0.3) is 0 Å². The fourth-order valence-corrected chi connectivity index (χ4v) is 1.57. The van der Waals surface area contributed by atoms with Gasteiger partial charge in [0, 0.05) is 0 Å². The SMILES string of the molecule is CCOC(=O)[C@H](CO)NC(=O)[C@@H](N)CCSC. The van der Waals surface area contributed by atoms with Crippen LogP contribution in [0.15, 0.2) is 0 Å². The first-order chi connectivity index (χ1) is 8.06. The predicted octanol–water partition coefficient (Wildman–Crippen LogP) is -0.893. The first kappa shape index (κ1) is 16.2. The number of thioether (sulfide) groups is 1. The van der Waals surface area contributed by atoms with Crippen molar-refractivity contribution in [3.8, 4) is 0 Å². The lowest BCUT2D eigenvalue weighted by molar-refractivity contribution is -0.148. The average Bonchev–Trinajstić information content (AvgIpc) is 2.32. The van der Waals surface area contributed by atoms with Gasteiger partial charge in [-0.25, -0.2) is 4.79 Å². The van der Waals surface area contributed by atoms with Crippen molar-refractivity contribution >= 4 is 23.6 Å². The van der Waals surface area contributed by atoms with Gasteiger partial charge in [0.05, 0.1) is 19.3 Å². The summed E-state index contributed by atoms with van der Waals surface area (Å²) in [6.07, 6.45) is 2.44. The van der Waals surface area contributed by atoms with Crippen molar-refractivity contribution < 1.29 is 19.4 Å². The summed E-state index contributed by atoms with van der Waals surface area (Å²) in [5, 5.41) is 11.3. The molecule has 0 aromatic carbocycles. The van der Waals surface area contributed by atoms with Gasteiger partial charge in [-0.15, -0.1) is 0 Å². The number of carbonyl (C=O) groups excluding carboxylic acids is 2. The fraction of sp³-hybridized carbons (Fsp3) is 0.800. The summed E-state index contributed by atoms with van der Waals surface area (Å²) in [5.41, 5.74) is 5.62. The van der Waals surface area contributed by atoms with Crippen molar-refractivity contribution in [2.75, 3.05) is 25.2 Å². The number of aliphatic hydroxyl groups excluding tert-OH is 1. The van der Waals surface area contributed by atoms with Gasteiger partial charge < -0.3 is 20.9 Å². The van der Waals surface area contributed by atoms with Gasteiger partial charge in [-0.2, -0.15) is 11.8 Å². The lowest BCUT2D eigenvalue weighted by atomic mass is 10.2. The van der Waals surface area contributed by atoms with E-state index in [-0.39, 0.29) is 6.61 Å². The number of esters is 1. The molecule has 0 unspecified atom stereocenters. The zero-order chi connectivity index (χ0) is 13.3. The molecular formula is C10H20N2O4S. The zero-order valence-electron chi connectivity index (χ0n) is 10.1. The van der Waals surface area contributed by atoms with E-state index in [1.54, 1.807) is 18.7 Å². The Morgan fingerprint density at radius 2 is 2.18 bits per heavy atom. The highest BCUT2D eigenvalue weighted by molar-refractivity contribution is 7.98. The molecule has 100 valence electrons. The largest absolute Gasteiger partial charge is 0.464 e.